The number of nitrogens with zero attached hydrogens (tertiary/aromatic N) is 2. The fourth-order valence-electron chi connectivity index (χ4n) is 1.54. The Balaban J connectivity index is 2.65. The van der Waals surface area contributed by atoms with Gasteiger partial charge in [0.2, 0.25) is 0 Å². The molecule has 1 heterocycles. The van der Waals surface area contributed by atoms with Crippen LogP contribution in [0.5, 0.6) is 0 Å². The third-order valence-corrected chi connectivity index (χ3v) is 3.54. The van der Waals surface area contributed by atoms with Crippen LogP contribution in [-0.2, 0) is 11.5 Å². The first-order valence-electron chi connectivity index (χ1n) is 5.01. The second kappa shape index (κ2) is 5.34. The van der Waals surface area contributed by atoms with Crippen molar-refractivity contribution in [3.8, 4) is 5.69 Å². The Morgan fingerprint density at radius 1 is 1.21 bits per heavy atom. The maximum absolute atomic E-state index is 12.7. The minimum absolute atomic E-state index is 0.192. The average molecular weight is 374 g/mol. The number of alkyl halides is 4. The summed E-state index contributed by atoms with van der Waals surface area (Å²) in [6.45, 7) is 0. The first-order valence-corrected chi connectivity index (χ1v) is 6.89. The zero-order chi connectivity index (χ0) is 14.2. The third kappa shape index (κ3) is 2.90. The fraction of sp³-hybridized carbons (Fsp3) is 0.182. The van der Waals surface area contributed by atoms with Crippen LogP contribution in [0.2, 0.25) is 10.0 Å². The van der Waals surface area contributed by atoms with Gasteiger partial charge >= 0.3 is 6.18 Å². The van der Waals surface area contributed by atoms with Crippen LogP contribution in [0.3, 0.4) is 0 Å². The number of hydrogen-bond donors (Lipinski definition) is 0. The molecule has 0 bridgehead atoms. The molecule has 0 aliphatic heterocycles. The van der Waals surface area contributed by atoms with Gasteiger partial charge in [-0.2, -0.15) is 18.3 Å². The second-order valence-electron chi connectivity index (χ2n) is 3.63. The largest absolute Gasteiger partial charge is 0.435 e. The number of hydrogen-bond acceptors (Lipinski definition) is 1. The molecule has 2 rings (SSSR count). The van der Waals surface area contributed by atoms with Crippen molar-refractivity contribution in [2.45, 2.75) is 11.5 Å². The molecule has 0 aliphatic carbocycles. The van der Waals surface area contributed by atoms with Crippen LogP contribution in [0.25, 0.3) is 5.69 Å². The summed E-state index contributed by atoms with van der Waals surface area (Å²) in [5.74, 6) is 0. The molecule has 0 N–H and O–H groups in total. The average Bonchev–Trinajstić information content (AvgIpc) is 2.72. The van der Waals surface area contributed by atoms with Crippen LogP contribution in [0.1, 0.15) is 11.4 Å². The van der Waals surface area contributed by atoms with E-state index in [4.69, 9.17) is 23.2 Å². The normalized spacial score (nSPS) is 11.9. The van der Waals surface area contributed by atoms with Gasteiger partial charge < -0.3 is 0 Å². The molecule has 8 heteroatoms. The maximum Gasteiger partial charge on any atom is 0.435 e. The van der Waals surface area contributed by atoms with E-state index in [0.717, 1.165) is 10.7 Å². The molecule has 0 atom stereocenters. The van der Waals surface area contributed by atoms with Crippen molar-refractivity contribution in [2.75, 3.05) is 0 Å². The summed E-state index contributed by atoms with van der Waals surface area (Å²) in [6.07, 6.45) is -4.52. The van der Waals surface area contributed by atoms with E-state index in [0.29, 0.717) is 5.69 Å². The summed E-state index contributed by atoms with van der Waals surface area (Å²) in [6, 6.07) is 5.63. The molecule has 1 aromatic carbocycles. The molecule has 0 aliphatic rings. The van der Waals surface area contributed by atoms with Crippen molar-refractivity contribution < 1.29 is 13.2 Å². The molecule has 19 heavy (non-hydrogen) atoms. The summed E-state index contributed by atoms with van der Waals surface area (Å²) >= 11 is 15.1. The smallest absolute Gasteiger partial charge is 0.233 e. The van der Waals surface area contributed by atoms with Gasteiger partial charge in [0.1, 0.15) is 5.69 Å². The van der Waals surface area contributed by atoms with Gasteiger partial charge in [-0.1, -0.05) is 45.2 Å². The third-order valence-electron chi connectivity index (χ3n) is 2.36. The van der Waals surface area contributed by atoms with Crippen LogP contribution in [-0.4, -0.2) is 9.78 Å². The molecule has 2 nitrogen and oxygen atoms in total. The lowest BCUT2D eigenvalue weighted by molar-refractivity contribution is -0.141. The molecule has 2 aromatic rings. The first kappa shape index (κ1) is 14.7. The molecule has 0 amide bonds. The van der Waals surface area contributed by atoms with Gasteiger partial charge in [0.05, 0.1) is 15.7 Å². The monoisotopic (exact) mass is 372 g/mol. The molecular formula is C11H6BrCl2F3N2. The van der Waals surface area contributed by atoms with Crippen molar-refractivity contribution in [3.05, 3.63) is 45.7 Å². The summed E-state index contributed by atoms with van der Waals surface area (Å²) in [5.41, 5.74) is -0.448. The van der Waals surface area contributed by atoms with Gasteiger partial charge in [0, 0.05) is 5.33 Å². The topological polar surface area (TPSA) is 17.8 Å². The summed E-state index contributed by atoms with van der Waals surface area (Å²) in [7, 11) is 0. The molecule has 0 saturated carbocycles. The van der Waals surface area contributed by atoms with Crippen LogP contribution in [0.15, 0.2) is 24.3 Å². The van der Waals surface area contributed by atoms with E-state index in [2.05, 4.69) is 21.0 Å². The maximum atomic E-state index is 12.7. The van der Waals surface area contributed by atoms with Crippen molar-refractivity contribution in [3.63, 3.8) is 0 Å². The highest BCUT2D eigenvalue weighted by molar-refractivity contribution is 9.08. The number of benzene rings is 1. The van der Waals surface area contributed by atoms with Gasteiger partial charge in [-0.3, -0.25) is 0 Å². The molecule has 0 radical (unpaired) electrons. The quantitative estimate of drug-likeness (QED) is 0.670. The first-order chi connectivity index (χ1) is 8.84. The molecule has 0 saturated heterocycles. The number of para-hydroxylation sites is 1. The summed E-state index contributed by atoms with van der Waals surface area (Å²) in [4.78, 5) is 0. The van der Waals surface area contributed by atoms with Crippen molar-refractivity contribution in [1.82, 2.24) is 9.78 Å². The van der Waals surface area contributed by atoms with Crippen LogP contribution < -0.4 is 0 Å². The van der Waals surface area contributed by atoms with Gasteiger partial charge in [0.15, 0.2) is 5.69 Å². The molecule has 102 valence electrons. The van der Waals surface area contributed by atoms with Gasteiger partial charge in [-0.05, 0) is 18.2 Å². The Labute approximate surface area is 125 Å². The second-order valence-corrected chi connectivity index (χ2v) is 5.01. The van der Waals surface area contributed by atoms with E-state index in [9.17, 15) is 13.2 Å². The SMILES string of the molecule is FC(F)(F)c1cc(CBr)n(-c2c(Cl)cccc2Cl)n1. The molecular weight excluding hydrogens is 368 g/mol. The number of halogens is 6. The Hall–Kier alpha value is -0.720. The minimum Gasteiger partial charge on any atom is -0.233 e. The predicted molar refractivity (Wildman–Crippen MR) is 71.2 cm³/mol. The van der Waals surface area contributed by atoms with Crippen LogP contribution in [0, 0.1) is 0 Å². The van der Waals surface area contributed by atoms with E-state index in [-0.39, 0.29) is 21.1 Å². The minimum atomic E-state index is -4.52. The molecule has 0 fully saturated rings. The Morgan fingerprint density at radius 3 is 2.26 bits per heavy atom. The molecule has 0 unspecified atom stereocenters. The predicted octanol–water partition coefficient (Wildman–Crippen LogP) is 5.09. The highest BCUT2D eigenvalue weighted by atomic mass is 79.9. The highest BCUT2D eigenvalue weighted by Gasteiger charge is 2.35. The van der Waals surface area contributed by atoms with E-state index >= 15 is 0 Å². The van der Waals surface area contributed by atoms with E-state index < -0.39 is 11.9 Å². The van der Waals surface area contributed by atoms with Gasteiger partial charge in [-0.15, -0.1) is 0 Å². The van der Waals surface area contributed by atoms with E-state index in [1.807, 2.05) is 0 Å². The lowest BCUT2D eigenvalue weighted by Crippen LogP contribution is -2.08. The highest BCUT2D eigenvalue weighted by Crippen LogP contribution is 2.33. The zero-order valence-corrected chi connectivity index (χ0v) is 12.3. The van der Waals surface area contributed by atoms with E-state index in [1.165, 1.54) is 12.1 Å². The lowest BCUT2D eigenvalue weighted by atomic mass is 10.3. The van der Waals surface area contributed by atoms with Crippen LogP contribution >= 0.6 is 39.1 Å². The van der Waals surface area contributed by atoms with Gasteiger partial charge in [0.25, 0.3) is 0 Å². The van der Waals surface area contributed by atoms with Crippen molar-refractivity contribution in [2.24, 2.45) is 0 Å². The summed E-state index contributed by atoms with van der Waals surface area (Å²) < 4.78 is 39.1. The molecule has 0 spiro atoms. The van der Waals surface area contributed by atoms with Crippen LogP contribution in [0.4, 0.5) is 13.2 Å². The number of rotatable bonds is 2. The Morgan fingerprint density at radius 2 is 1.79 bits per heavy atom. The molecule has 1 aromatic heterocycles. The van der Waals surface area contributed by atoms with Crippen molar-refractivity contribution >= 4 is 39.1 Å². The van der Waals surface area contributed by atoms with Gasteiger partial charge in [-0.25, -0.2) is 4.68 Å². The number of aromatic nitrogens is 2. The Bertz CT molecular complexity index is 590. The zero-order valence-electron chi connectivity index (χ0n) is 9.18. The fourth-order valence-corrected chi connectivity index (χ4v) is 2.50. The summed E-state index contributed by atoms with van der Waals surface area (Å²) in [5, 5.41) is 4.19. The lowest BCUT2D eigenvalue weighted by Gasteiger charge is -2.09. The Kier molecular flexibility index (Phi) is 4.13. The van der Waals surface area contributed by atoms with E-state index in [1.54, 1.807) is 6.07 Å². The van der Waals surface area contributed by atoms with Crippen molar-refractivity contribution in [1.29, 1.82) is 0 Å². The standard InChI is InChI=1S/C11H6BrCl2F3N2/c12-5-6-4-9(11(15,16)17)18-19(6)10-7(13)2-1-3-8(10)14/h1-4H,5H2.